The minimum Gasteiger partial charge on any atom is -0.478 e. The summed E-state index contributed by atoms with van der Waals surface area (Å²) in [4.78, 5) is 20.8. The molecule has 0 aliphatic carbocycles. The van der Waals surface area contributed by atoms with E-state index in [1.165, 1.54) is 24.3 Å². The summed E-state index contributed by atoms with van der Waals surface area (Å²) >= 11 is 0. The van der Waals surface area contributed by atoms with Crippen molar-refractivity contribution in [3.8, 4) is 11.1 Å². The Kier molecular flexibility index (Phi) is 3.24. The topological polar surface area (TPSA) is 80.4 Å². The monoisotopic (exact) mass is 261 g/mol. The number of carboxylic acids is 1. The second-order valence-corrected chi connectivity index (χ2v) is 3.81. The van der Waals surface area contributed by atoms with E-state index in [2.05, 4.69) is 0 Å². The van der Waals surface area contributed by atoms with E-state index >= 15 is 0 Å². The highest BCUT2D eigenvalue weighted by Crippen LogP contribution is 2.25. The minimum absolute atomic E-state index is 0.111. The maximum atomic E-state index is 13.5. The van der Waals surface area contributed by atoms with E-state index in [0.29, 0.717) is 11.1 Å². The lowest BCUT2D eigenvalue weighted by Crippen LogP contribution is -2.00. The number of benzene rings is 2. The van der Waals surface area contributed by atoms with E-state index in [1.54, 1.807) is 6.07 Å². The van der Waals surface area contributed by atoms with Crippen LogP contribution < -0.4 is 0 Å². The van der Waals surface area contributed by atoms with Gasteiger partial charge in [0.05, 0.1) is 10.5 Å². The zero-order chi connectivity index (χ0) is 14.0. The summed E-state index contributed by atoms with van der Waals surface area (Å²) in [5.74, 6) is -2.24. The number of carbonyl (C=O) groups is 1. The van der Waals surface area contributed by atoms with Crippen molar-refractivity contribution in [2.45, 2.75) is 0 Å². The first-order valence-corrected chi connectivity index (χ1v) is 5.26. The molecule has 0 aromatic heterocycles. The number of hydrogen-bond donors (Lipinski definition) is 1. The van der Waals surface area contributed by atoms with Gasteiger partial charge in [0.25, 0.3) is 5.69 Å². The average molecular weight is 261 g/mol. The second-order valence-electron chi connectivity index (χ2n) is 3.81. The molecule has 0 saturated carbocycles. The van der Waals surface area contributed by atoms with Gasteiger partial charge < -0.3 is 5.11 Å². The molecule has 0 aliphatic rings. The predicted octanol–water partition coefficient (Wildman–Crippen LogP) is 3.10. The Morgan fingerprint density at radius 1 is 1.16 bits per heavy atom. The van der Waals surface area contributed by atoms with Gasteiger partial charge in [-0.2, -0.15) is 0 Å². The van der Waals surface area contributed by atoms with E-state index in [4.69, 9.17) is 5.11 Å². The first kappa shape index (κ1) is 12.7. The van der Waals surface area contributed by atoms with Crippen molar-refractivity contribution in [2.75, 3.05) is 0 Å². The third kappa shape index (κ3) is 2.57. The Morgan fingerprint density at radius 3 is 2.42 bits per heavy atom. The maximum Gasteiger partial charge on any atom is 0.338 e. The fourth-order valence-electron chi connectivity index (χ4n) is 1.67. The van der Waals surface area contributed by atoms with Gasteiger partial charge in [0.15, 0.2) is 0 Å². The molecule has 0 unspecified atom stereocenters. The Labute approximate surface area is 107 Å². The lowest BCUT2D eigenvalue weighted by atomic mass is 10.0. The second kappa shape index (κ2) is 4.85. The first-order chi connectivity index (χ1) is 8.99. The molecule has 96 valence electrons. The van der Waals surface area contributed by atoms with Gasteiger partial charge in [0, 0.05) is 12.1 Å². The Hall–Kier alpha value is -2.76. The van der Waals surface area contributed by atoms with Gasteiger partial charge in [-0.25, -0.2) is 9.18 Å². The van der Waals surface area contributed by atoms with Crippen LogP contribution >= 0.6 is 0 Å². The van der Waals surface area contributed by atoms with Crippen molar-refractivity contribution in [3.05, 3.63) is 64.0 Å². The van der Waals surface area contributed by atoms with Crippen LogP contribution in [0.25, 0.3) is 11.1 Å². The van der Waals surface area contributed by atoms with Crippen LogP contribution in [0.4, 0.5) is 10.1 Å². The smallest absolute Gasteiger partial charge is 0.338 e. The molecule has 0 saturated heterocycles. The molecule has 2 rings (SSSR count). The number of nitro groups is 1. The molecule has 0 spiro atoms. The summed E-state index contributed by atoms with van der Waals surface area (Å²) < 4.78 is 13.5. The van der Waals surface area contributed by atoms with Gasteiger partial charge in [-0.3, -0.25) is 10.1 Å². The van der Waals surface area contributed by atoms with Crippen LogP contribution in [0.5, 0.6) is 0 Å². The van der Waals surface area contributed by atoms with Gasteiger partial charge in [0.1, 0.15) is 5.82 Å². The number of nitro benzene ring substituents is 1. The first-order valence-electron chi connectivity index (χ1n) is 5.26. The Bertz CT molecular complexity index is 669. The summed E-state index contributed by atoms with van der Waals surface area (Å²) in [5.41, 5.74) is 0.283. The van der Waals surface area contributed by atoms with Gasteiger partial charge in [-0.1, -0.05) is 18.2 Å². The van der Waals surface area contributed by atoms with Crippen LogP contribution in [-0.2, 0) is 0 Å². The summed E-state index contributed by atoms with van der Waals surface area (Å²) in [7, 11) is 0. The van der Waals surface area contributed by atoms with Crippen LogP contribution in [0.15, 0.2) is 42.5 Å². The molecule has 0 atom stereocenters. The summed E-state index contributed by atoms with van der Waals surface area (Å²) in [6.45, 7) is 0. The number of rotatable bonds is 3. The SMILES string of the molecule is O=C(O)c1ccc(-c2cccc([N+](=O)[O-])c2)cc1F. The van der Waals surface area contributed by atoms with Crippen molar-refractivity contribution in [2.24, 2.45) is 0 Å². The molecule has 1 N–H and O–H groups in total. The molecule has 0 heterocycles. The maximum absolute atomic E-state index is 13.5. The number of hydrogen-bond acceptors (Lipinski definition) is 3. The van der Waals surface area contributed by atoms with Crippen molar-refractivity contribution < 1.29 is 19.2 Å². The lowest BCUT2D eigenvalue weighted by Gasteiger charge is -2.03. The molecule has 5 nitrogen and oxygen atoms in total. The summed E-state index contributed by atoms with van der Waals surface area (Å²) in [6, 6.07) is 9.28. The van der Waals surface area contributed by atoms with Crippen molar-refractivity contribution in [1.82, 2.24) is 0 Å². The number of halogens is 1. The fourth-order valence-corrected chi connectivity index (χ4v) is 1.67. The highest BCUT2D eigenvalue weighted by Gasteiger charge is 2.12. The van der Waals surface area contributed by atoms with E-state index in [-0.39, 0.29) is 5.69 Å². The zero-order valence-electron chi connectivity index (χ0n) is 9.54. The molecule has 0 aliphatic heterocycles. The number of carboxylic acid groups (broad SMARTS) is 1. The van der Waals surface area contributed by atoms with Crippen LogP contribution in [0.2, 0.25) is 0 Å². The molecular weight excluding hydrogens is 253 g/mol. The quantitative estimate of drug-likeness (QED) is 0.680. The Balaban J connectivity index is 2.48. The normalized spacial score (nSPS) is 10.2. The van der Waals surface area contributed by atoms with Gasteiger partial charge in [0.2, 0.25) is 0 Å². The third-order valence-corrected chi connectivity index (χ3v) is 2.59. The molecule has 0 amide bonds. The molecule has 0 fully saturated rings. The number of aromatic carboxylic acids is 1. The number of nitrogens with zero attached hydrogens (tertiary/aromatic N) is 1. The average Bonchev–Trinajstić information content (AvgIpc) is 2.38. The van der Waals surface area contributed by atoms with Crippen LogP contribution in [0.1, 0.15) is 10.4 Å². The van der Waals surface area contributed by atoms with Crippen LogP contribution in [0, 0.1) is 15.9 Å². The van der Waals surface area contributed by atoms with E-state index in [9.17, 15) is 19.3 Å². The van der Waals surface area contributed by atoms with Crippen LogP contribution in [-0.4, -0.2) is 16.0 Å². The van der Waals surface area contributed by atoms with E-state index in [0.717, 1.165) is 12.1 Å². The molecule has 2 aromatic carbocycles. The lowest BCUT2D eigenvalue weighted by molar-refractivity contribution is -0.384. The van der Waals surface area contributed by atoms with Crippen LogP contribution in [0.3, 0.4) is 0 Å². The highest BCUT2D eigenvalue weighted by molar-refractivity contribution is 5.88. The molecule has 19 heavy (non-hydrogen) atoms. The number of non-ortho nitro benzene ring substituents is 1. The van der Waals surface area contributed by atoms with Crippen molar-refractivity contribution >= 4 is 11.7 Å². The zero-order valence-corrected chi connectivity index (χ0v) is 9.54. The van der Waals surface area contributed by atoms with Gasteiger partial charge in [-0.15, -0.1) is 0 Å². The van der Waals surface area contributed by atoms with Gasteiger partial charge >= 0.3 is 5.97 Å². The summed E-state index contributed by atoms with van der Waals surface area (Å²) in [5, 5.41) is 19.4. The van der Waals surface area contributed by atoms with E-state index in [1.807, 2.05) is 0 Å². The molecule has 2 aromatic rings. The third-order valence-electron chi connectivity index (χ3n) is 2.59. The minimum atomic E-state index is -1.36. The molecular formula is C13H8FNO4. The molecule has 0 bridgehead atoms. The predicted molar refractivity (Wildman–Crippen MR) is 65.4 cm³/mol. The van der Waals surface area contributed by atoms with Crippen molar-refractivity contribution in [1.29, 1.82) is 0 Å². The molecule has 6 heteroatoms. The standard InChI is InChI=1S/C13H8FNO4/c14-12-7-9(4-5-11(12)13(16)17)8-2-1-3-10(6-8)15(18)19/h1-7H,(H,16,17). The summed E-state index contributed by atoms with van der Waals surface area (Å²) in [6.07, 6.45) is 0. The Morgan fingerprint density at radius 2 is 1.84 bits per heavy atom. The van der Waals surface area contributed by atoms with Crippen molar-refractivity contribution in [3.63, 3.8) is 0 Å². The van der Waals surface area contributed by atoms with Gasteiger partial charge in [-0.05, 0) is 23.3 Å². The fraction of sp³-hybridized carbons (Fsp3) is 0. The highest BCUT2D eigenvalue weighted by atomic mass is 19.1. The van der Waals surface area contributed by atoms with E-state index < -0.39 is 22.3 Å². The molecule has 0 radical (unpaired) electrons. The largest absolute Gasteiger partial charge is 0.478 e.